The van der Waals surface area contributed by atoms with E-state index in [1.54, 1.807) is 31.4 Å². The smallest absolute Gasteiger partial charge is 0.318 e. The van der Waals surface area contributed by atoms with Crippen molar-refractivity contribution in [3.63, 3.8) is 0 Å². The number of anilines is 1. The number of nitrogens with zero attached hydrogens (tertiary/aromatic N) is 2. The number of aromatic nitrogens is 1. The van der Waals surface area contributed by atoms with Crippen LogP contribution >= 0.6 is 0 Å². The van der Waals surface area contributed by atoms with Gasteiger partial charge in [-0.25, -0.2) is 4.79 Å². The number of hydrogen-bond donors (Lipinski definition) is 2. The van der Waals surface area contributed by atoms with Gasteiger partial charge >= 0.3 is 6.03 Å². The second-order valence-corrected chi connectivity index (χ2v) is 9.27. The van der Waals surface area contributed by atoms with Crippen molar-refractivity contribution < 1.29 is 19.1 Å². The molecule has 3 aromatic rings. The Kier molecular flexibility index (Phi) is 6.95. The Morgan fingerprint density at radius 2 is 1.94 bits per heavy atom. The summed E-state index contributed by atoms with van der Waals surface area (Å²) in [5, 5.41) is 6.20. The van der Waals surface area contributed by atoms with E-state index in [1.165, 1.54) is 39.4 Å². The third kappa shape index (κ3) is 4.95. The molecule has 2 aliphatic rings. The van der Waals surface area contributed by atoms with Gasteiger partial charge in [0.05, 0.1) is 12.7 Å². The number of ketones is 1. The molecule has 2 aliphatic heterocycles. The maximum Gasteiger partial charge on any atom is 0.318 e. The van der Waals surface area contributed by atoms with E-state index >= 15 is 0 Å². The van der Waals surface area contributed by atoms with Gasteiger partial charge < -0.3 is 29.6 Å². The number of likely N-dealkylation sites (tertiary alicyclic amines) is 1. The maximum atomic E-state index is 13.2. The summed E-state index contributed by atoms with van der Waals surface area (Å²) >= 11 is 0. The van der Waals surface area contributed by atoms with E-state index in [0.29, 0.717) is 17.0 Å². The Balaban J connectivity index is 1.40. The first-order chi connectivity index (χ1) is 17.6. The molecule has 0 spiro atoms. The summed E-state index contributed by atoms with van der Waals surface area (Å²) < 4.78 is 13.6. The van der Waals surface area contributed by atoms with Crippen molar-refractivity contribution in [3.8, 4) is 11.5 Å². The van der Waals surface area contributed by atoms with Gasteiger partial charge in [0, 0.05) is 41.9 Å². The van der Waals surface area contributed by atoms with Crippen molar-refractivity contribution in [1.82, 2.24) is 14.8 Å². The van der Waals surface area contributed by atoms with Crippen LogP contribution in [0.2, 0.25) is 0 Å². The van der Waals surface area contributed by atoms with Crippen molar-refractivity contribution in [2.75, 3.05) is 39.1 Å². The fourth-order valence-electron chi connectivity index (χ4n) is 4.98. The number of urea groups is 1. The minimum atomic E-state index is -0.348. The van der Waals surface area contributed by atoms with Crippen molar-refractivity contribution >= 4 is 34.5 Å². The number of hydrogen-bond acceptors (Lipinski definition) is 5. The van der Waals surface area contributed by atoms with Gasteiger partial charge in [-0.3, -0.25) is 4.79 Å². The van der Waals surface area contributed by atoms with Crippen LogP contribution in [0.1, 0.15) is 41.6 Å². The molecule has 188 valence electrons. The first-order valence-corrected chi connectivity index (χ1v) is 12.5. The zero-order valence-electron chi connectivity index (χ0n) is 20.8. The third-order valence-electron chi connectivity index (χ3n) is 6.88. The van der Waals surface area contributed by atoms with Gasteiger partial charge in [-0.2, -0.15) is 0 Å². The Bertz CT molecular complexity index is 1320. The molecule has 2 N–H and O–H groups in total. The second-order valence-electron chi connectivity index (χ2n) is 9.27. The Labute approximate surface area is 210 Å². The molecule has 8 nitrogen and oxygen atoms in total. The summed E-state index contributed by atoms with van der Waals surface area (Å²) in [4.78, 5) is 27.4. The van der Waals surface area contributed by atoms with E-state index < -0.39 is 0 Å². The summed E-state index contributed by atoms with van der Waals surface area (Å²) in [5.41, 5.74) is 2.96. The fourth-order valence-corrected chi connectivity index (χ4v) is 4.98. The molecule has 8 heteroatoms. The minimum Gasteiger partial charge on any atom is -0.497 e. The van der Waals surface area contributed by atoms with E-state index in [4.69, 9.17) is 9.47 Å². The van der Waals surface area contributed by atoms with Crippen molar-refractivity contribution in [2.45, 2.75) is 32.2 Å². The largest absolute Gasteiger partial charge is 0.497 e. The van der Waals surface area contributed by atoms with Crippen LogP contribution < -0.4 is 20.1 Å². The number of nitrogens with one attached hydrogen (secondary N) is 2. The summed E-state index contributed by atoms with van der Waals surface area (Å²) in [6.45, 7) is 4.38. The number of allylic oxidation sites excluding steroid dienone is 1. The molecule has 0 saturated carbocycles. The lowest BCUT2D eigenvalue weighted by Gasteiger charge is -2.26. The summed E-state index contributed by atoms with van der Waals surface area (Å²) in [7, 11) is 3.19. The summed E-state index contributed by atoms with van der Waals surface area (Å²) in [6.07, 6.45) is 8.89. The van der Waals surface area contributed by atoms with Crippen LogP contribution in [-0.4, -0.2) is 55.1 Å². The van der Waals surface area contributed by atoms with Crippen LogP contribution in [0, 0.1) is 0 Å². The molecular weight excluding hydrogens is 456 g/mol. The fraction of sp³-hybridized carbons (Fsp3) is 0.357. The molecule has 3 heterocycles. The highest BCUT2D eigenvalue weighted by atomic mass is 16.5. The van der Waals surface area contributed by atoms with Crippen molar-refractivity contribution in [2.24, 2.45) is 0 Å². The SMILES string of the molecule is CNC(=O)Nc1ccc2c(c1)C(=O)/C(=C/c1cn(CCCN3CCCCC3)c3ccc(OC)cc13)O2. The Hall–Kier alpha value is -3.78. The lowest BCUT2D eigenvalue weighted by molar-refractivity contribution is 0.101. The molecule has 0 unspecified atom stereocenters. The molecule has 0 radical (unpaired) electrons. The highest BCUT2D eigenvalue weighted by molar-refractivity contribution is 6.15. The van der Waals surface area contributed by atoms with E-state index in [2.05, 4.69) is 32.4 Å². The number of amides is 2. The number of carbonyl (C=O) groups excluding carboxylic acids is 2. The third-order valence-corrected chi connectivity index (χ3v) is 6.88. The lowest BCUT2D eigenvalue weighted by atomic mass is 10.1. The number of methoxy groups -OCH3 is 1. The monoisotopic (exact) mass is 488 g/mol. The van der Waals surface area contributed by atoms with Gasteiger partial charge in [0.25, 0.3) is 0 Å². The van der Waals surface area contributed by atoms with Gasteiger partial charge in [-0.1, -0.05) is 6.42 Å². The Morgan fingerprint density at radius 1 is 1.11 bits per heavy atom. The van der Waals surface area contributed by atoms with Gasteiger partial charge in [-0.05, 0) is 81.4 Å². The molecule has 0 atom stereocenters. The molecule has 2 aromatic carbocycles. The molecule has 0 bridgehead atoms. The number of aryl methyl sites for hydroxylation is 1. The van der Waals surface area contributed by atoms with Crippen LogP contribution in [0.4, 0.5) is 10.5 Å². The number of benzene rings is 2. The van der Waals surface area contributed by atoms with E-state index in [-0.39, 0.29) is 17.6 Å². The number of fused-ring (bicyclic) bond motifs is 2. The normalized spacial score (nSPS) is 16.7. The average Bonchev–Trinajstić information content (AvgIpc) is 3.41. The molecule has 0 aliphatic carbocycles. The van der Waals surface area contributed by atoms with E-state index in [0.717, 1.165) is 41.7 Å². The topological polar surface area (TPSA) is 84.8 Å². The first-order valence-electron chi connectivity index (χ1n) is 12.5. The molecular formula is C28H32N4O4. The maximum absolute atomic E-state index is 13.2. The second kappa shape index (κ2) is 10.5. The number of Topliss-reactive ketones (excluding diaryl/α,β-unsaturated/α-hetero) is 1. The zero-order chi connectivity index (χ0) is 25.1. The molecule has 2 amide bonds. The van der Waals surface area contributed by atoms with Gasteiger partial charge in [-0.15, -0.1) is 0 Å². The predicted octanol–water partition coefficient (Wildman–Crippen LogP) is 4.89. The summed E-state index contributed by atoms with van der Waals surface area (Å²) in [5.74, 6) is 1.30. The standard InChI is InChI=1S/C28H32N4O4/c1-29-28(34)30-20-7-10-25-23(16-20)27(33)26(36-25)15-19-18-32(14-6-13-31-11-4-3-5-12-31)24-9-8-21(35-2)17-22(19)24/h7-10,15-18H,3-6,11-14H2,1-2H3,(H2,29,30,34)/b26-15-. The zero-order valence-corrected chi connectivity index (χ0v) is 20.8. The average molecular weight is 489 g/mol. The molecule has 5 rings (SSSR count). The van der Waals surface area contributed by atoms with Crippen molar-refractivity contribution in [3.05, 3.63) is 59.5 Å². The molecule has 1 aromatic heterocycles. The molecule has 1 saturated heterocycles. The first kappa shape index (κ1) is 23.9. The lowest BCUT2D eigenvalue weighted by Crippen LogP contribution is -2.31. The molecule has 1 fully saturated rings. The van der Waals surface area contributed by atoms with Crippen LogP contribution in [-0.2, 0) is 6.54 Å². The van der Waals surface area contributed by atoms with Crippen molar-refractivity contribution in [1.29, 1.82) is 0 Å². The van der Waals surface area contributed by atoms with Crippen LogP contribution in [0.5, 0.6) is 11.5 Å². The number of piperidine rings is 1. The van der Waals surface area contributed by atoms with E-state index in [1.807, 2.05) is 12.1 Å². The minimum absolute atomic E-state index is 0.209. The van der Waals surface area contributed by atoms with Gasteiger partial charge in [0.2, 0.25) is 5.78 Å². The predicted molar refractivity (Wildman–Crippen MR) is 141 cm³/mol. The highest BCUT2D eigenvalue weighted by Crippen LogP contribution is 2.35. The quantitative estimate of drug-likeness (QED) is 0.463. The molecule has 36 heavy (non-hydrogen) atoms. The van der Waals surface area contributed by atoms with Crippen LogP contribution in [0.25, 0.3) is 17.0 Å². The van der Waals surface area contributed by atoms with Gasteiger partial charge in [0.1, 0.15) is 11.5 Å². The number of carbonyl (C=O) groups is 2. The van der Waals surface area contributed by atoms with Gasteiger partial charge in [0.15, 0.2) is 5.76 Å². The van der Waals surface area contributed by atoms with E-state index in [9.17, 15) is 9.59 Å². The van der Waals surface area contributed by atoms with Crippen LogP contribution in [0.15, 0.2) is 48.4 Å². The van der Waals surface area contributed by atoms with Crippen LogP contribution in [0.3, 0.4) is 0 Å². The Morgan fingerprint density at radius 3 is 2.72 bits per heavy atom. The highest BCUT2D eigenvalue weighted by Gasteiger charge is 2.28. The number of ether oxygens (including phenoxy) is 2. The number of rotatable bonds is 7. The summed E-state index contributed by atoms with van der Waals surface area (Å²) in [6, 6.07) is 10.7.